The Hall–Kier alpha value is -2.66. The third-order valence-corrected chi connectivity index (χ3v) is 5.62. The Morgan fingerprint density at radius 3 is 1.90 bits per heavy atom. The summed E-state index contributed by atoms with van der Waals surface area (Å²) in [7, 11) is 0. The summed E-state index contributed by atoms with van der Waals surface area (Å²) in [6, 6.07) is 14.1. The molecule has 0 saturated carbocycles. The Labute approximate surface area is 187 Å². The first-order valence-corrected chi connectivity index (χ1v) is 11.1. The van der Waals surface area contributed by atoms with Gasteiger partial charge in [0.25, 0.3) is 0 Å². The Bertz CT molecular complexity index is 868. The summed E-state index contributed by atoms with van der Waals surface area (Å²) in [4.78, 5) is 24.9. The Morgan fingerprint density at radius 2 is 1.39 bits per heavy atom. The van der Waals surface area contributed by atoms with Crippen LogP contribution in [0.15, 0.2) is 42.5 Å². The van der Waals surface area contributed by atoms with E-state index in [-0.39, 0.29) is 24.4 Å². The van der Waals surface area contributed by atoms with E-state index in [1.807, 2.05) is 39.0 Å². The maximum atomic E-state index is 12.6. The summed E-state index contributed by atoms with van der Waals surface area (Å²) in [6.07, 6.45) is 0. The molecule has 2 atom stereocenters. The zero-order chi connectivity index (χ0) is 23.1. The molecule has 168 valence electrons. The van der Waals surface area contributed by atoms with Gasteiger partial charge in [-0.05, 0) is 54.9 Å². The van der Waals surface area contributed by atoms with E-state index in [9.17, 15) is 9.59 Å². The van der Waals surface area contributed by atoms with Crippen molar-refractivity contribution in [1.82, 2.24) is 10.6 Å². The second kappa shape index (κ2) is 11.1. The zero-order valence-corrected chi connectivity index (χ0v) is 19.9. The number of amides is 2. The number of aryl methyl sites for hydroxylation is 2. The number of rotatable bonds is 9. The molecule has 2 aromatic rings. The fourth-order valence-electron chi connectivity index (χ4n) is 3.62. The second-order valence-corrected chi connectivity index (χ2v) is 8.96. The molecule has 2 aromatic carbocycles. The smallest absolute Gasteiger partial charge is 0.243 e. The van der Waals surface area contributed by atoms with Gasteiger partial charge in [0.2, 0.25) is 11.8 Å². The van der Waals surface area contributed by atoms with E-state index in [0.29, 0.717) is 11.8 Å². The average molecular weight is 424 g/mol. The molecule has 0 aliphatic heterocycles. The summed E-state index contributed by atoms with van der Waals surface area (Å²) in [5.41, 5.74) is 5.26. The molecule has 0 bridgehead atoms. The molecule has 0 radical (unpaired) electrons. The molecule has 0 aliphatic carbocycles. The standard InChI is InChI=1S/C26H37N3O2/c1-16(2)21-11-13-22(14-12-21)24(17(3)4)28-20(7)26(31)27-15-23(30)29-25-18(5)9-8-10-19(25)6/h8-14,16-17,20,24,28H,15H2,1-7H3,(H,27,31)(H,29,30)/t20-,24-/m1/s1. The summed E-state index contributed by atoms with van der Waals surface area (Å²) in [6.45, 7) is 14.3. The molecule has 0 aliphatic rings. The highest BCUT2D eigenvalue weighted by Crippen LogP contribution is 2.24. The molecule has 0 fully saturated rings. The number of carbonyl (C=O) groups is 2. The van der Waals surface area contributed by atoms with Crippen LogP contribution in [0.25, 0.3) is 0 Å². The van der Waals surface area contributed by atoms with Crippen LogP contribution in [0.4, 0.5) is 5.69 Å². The second-order valence-electron chi connectivity index (χ2n) is 8.96. The lowest BCUT2D eigenvalue weighted by Gasteiger charge is -2.27. The van der Waals surface area contributed by atoms with Gasteiger partial charge in [0.15, 0.2) is 0 Å². The van der Waals surface area contributed by atoms with Crippen molar-refractivity contribution < 1.29 is 9.59 Å². The highest BCUT2D eigenvalue weighted by molar-refractivity contribution is 5.96. The molecule has 0 saturated heterocycles. The van der Waals surface area contributed by atoms with Crippen LogP contribution in [-0.2, 0) is 9.59 Å². The van der Waals surface area contributed by atoms with Crippen LogP contribution in [0.2, 0.25) is 0 Å². The topological polar surface area (TPSA) is 70.2 Å². The van der Waals surface area contributed by atoms with Gasteiger partial charge >= 0.3 is 0 Å². The van der Waals surface area contributed by atoms with Gasteiger partial charge in [-0.25, -0.2) is 0 Å². The predicted octanol–water partition coefficient (Wildman–Crippen LogP) is 4.86. The van der Waals surface area contributed by atoms with Gasteiger partial charge in [-0.1, -0.05) is 70.2 Å². The molecule has 31 heavy (non-hydrogen) atoms. The first kappa shape index (κ1) is 24.6. The van der Waals surface area contributed by atoms with Crippen molar-refractivity contribution >= 4 is 17.5 Å². The molecular weight excluding hydrogens is 386 g/mol. The van der Waals surface area contributed by atoms with Gasteiger partial charge < -0.3 is 10.6 Å². The van der Waals surface area contributed by atoms with Crippen LogP contribution in [0.3, 0.4) is 0 Å². The van der Waals surface area contributed by atoms with Crippen molar-refractivity contribution in [3.8, 4) is 0 Å². The molecule has 0 unspecified atom stereocenters. The van der Waals surface area contributed by atoms with E-state index in [1.165, 1.54) is 5.56 Å². The van der Waals surface area contributed by atoms with Crippen molar-refractivity contribution in [2.75, 3.05) is 11.9 Å². The maximum Gasteiger partial charge on any atom is 0.243 e. The van der Waals surface area contributed by atoms with Gasteiger partial charge in [-0.2, -0.15) is 0 Å². The monoisotopic (exact) mass is 423 g/mol. The number of carbonyl (C=O) groups excluding carboxylic acids is 2. The first-order chi connectivity index (χ1) is 14.6. The molecule has 0 aromatic heterocycles. The van der Waals surface area contributed by atoms with E-state index < -0.39 is 6.04 Å². The van der Waals surface area contributed by atoms with Gasteiger partial charge in [0.1, 0.15) is 0 Å². The highest BCUT2D eigenvalue weighted by atomic mass is 16.2. The van der Waals surface area contributed by atoms with E-state index >= 15 is 0 Å². The fourth-order valence-corrected chi connectivity index (χ4v) is 3.62. The van der Waals surface area contributed by atoms with Gasteiger partial charge in [0, 0.05) is 11.7 Å². The third kappa shape index (κ3) is 6.93. The summed E-state index contributed by atoms with van der Waals surface area (Å²) < 4.78 is 0. The van der Waals surface area contributed by atoms with Crippen molar-refractivity contribution in [3.05, 3.63) is 64.7 Å². The minimum absolute atomic E-state index is 0.0467. The summed E-state index contributed by atoms with van der Waals surface area (Å²) in [5, 5.41) is 9.07. The third-order valence-electron chi connectivity index (χ3n) is 5.62. The lowest BCUT2D eigenvalue weighted by molar-refractivity contribution is -0.125. The average Bonchev–Trinajstić information content (AvgIpc) is 2.72. The van der Waals surface area contributed by atoms with Crippen LogP contribution < -0.4 is 16.0 Å². The van der Waals surface area contributed by atoms with E-state index in [2.05, 4.69) is 67.9 Å². The molecule has 5 nitrogen and oxygen atoms in total. The van der Waals surface area contributed by atoms with Crippen LogP contribution in [0.5, 0.6) is 0 Å². The Kier molecular flexibility index (Phi) is 8.81. The van der Waals surface area contributed by atoms with E-state index in [0.717, 1.165) is 22.4 Å². The highest BCUT2D eigenvalue weighted by Gasteiger charge is 2.22. The molecule has 2 amide bonds. The molecular formula is C26H37N3O2. The fraction of sp³-hybridized carbons (Fsp3) is 0.462. The number of hydrogen-bond acceptors (Lipinski definition) is 3. The van der Waals surface area contributed by atoms with Crippen LogP contribution >= 0.6 is 0 Å². The minimum atomic E-state index is -0.426. The van der Waals surface area contributed by atoms with Gasteiger partial charge in [-0.3, -0.25) is 14.9 Å². The molecule has 2 rings (SSSR count). The summed E-state index contributed by atoms with van der Waals surface area (Å²) >= 11 is 0. The van der Waals surface area contributed by atoms with Crippen molar-refractivity contribution in [2.24, 2.45) is 5.92 Å². The minimum Gasteiger partial charge on any atom is -0.346 e. The van der Waals surface area contributed by atoms with E-state index in [1.54, 1.807) is 0 Å². The first-order valence-electron chi connectivity index (χ1n) is 11.1. The largest absolute Gasteiger partial charge is 0.346 e. The van der Waals surface area contributed by atoms with Gasteiger partial charge in [0.05, 0.1) is 12.6 Å². The summed E-state index contributed by atoms with van der Waals surface area (Å²) in [5.74, 6) is 0.370. The lowest BCUT2D eigenvalue weighted by atomic mass is 9.93. The zero-order valence-electron chi connectivity index (χ0n) is 19.9. The normalized spacial score (nSPS) is 13.2. The molecule has 0 spiro atoms. The quantitative estimate of drug-likeness (QED) is 0.540. The number of benzene rings is 2. The van der Waals surface area contributed by atoms with Gasteiger partial charge in [-0.15, -0.1) is 0 Å². The SMILES string of the molecule is Cc1cccc(C)c1NC(=O)CNC(=O)[C@@H](C)N[C@@H](c1ccc(C(C)C)cc1)C(C)C. The van der Waals surface area contributed by atoms with Crippen molar-refractivity contribution in [3.63, 3.8) is 0 Å². The number of nitrogens with one attached hydrogen (secondary N) is 3. The van der Waals surface area contributed by atoms with Crippen molar-refractivity contribution in [1.29, 1.82) is 0 Å². The van der Waals surface area contributed by atoms with Crippen LogP contribution in [-0.4, -0.2) is 24.4 Å². The van der Waals surface area contributed by atoms with Crippen LogP contribution in [0, 0.1) is 19.8 Å². The molecule has 3 N–H and O–H groups in total. The Balaban J connectivity index is 1.94. The van der Waals surface area contributed by atoms with E-state index in [4.69, 9.17) is 0 Å². The molecule has 5 heteroatoms. The Morgan fingerprint density at radius 1 is 0.839 bits per heavy atom. The molecule has 0 heterocycles. The lowest BCUT2D eigenvalue weighted by Crippen LogP contribution is -2.46. The van der Waals surface area contributed by atoms with Crippen molar-refractivity contribution in [2.45, 2.75) is 66.5 Å². The number of anilines is 1. The maximum absolute atomic E-state index is 12.6. The van der Waals surface area contributed by atoms with Crippen LogP contribution in [0.1, 0.15) is 68.8 Å². The number of hydrogen-bond donors (Lipinski definition) is 3. The predicted molar refractivity (Wildman–Crippen MR) is 128 cm³/mol. The number of para-hydroxylation sites is 1.